The predicted octanol–water partition coefficient (Wildman–Crippen LogP) is 8.14. The number of hydrogen-bond acceptors (Lipinski definition) is 2. The first-order valence-electron chi connectivity index (χ1n) is 11.4. The maximum absolute atomic E-state index is 5.18. The number of nitrogens with one attached hydrogen (secondary N) is 1. The minimum atomic E-state index is 0.915. The molecular formula is C25H43NO. The Kier molecular flexibility index (Phi) is 15.7. The summed E-state index contributed by atoms with van der Waals surface area (Å²) in [5, 5.41) is 3.48. The molecule has 154 valence electrons. The van der Waals surface area contributed by atoms with Gasteiger partial charge in [0.1, 0.15) is 5.75 Å². The minimum Gasteiger partial charge on any atom is -0.497 e. The Morgan fingerprint density at radius 2 is 1.22 bits per heavy atom. The molecule has 1 aromatic rings. The van der Waals surface area contributed by atoms with Crippen molar-refractivity contribution in [3.63, 3.8) is 0 Å². The SMILES string of the molecule is CCCCCCCC/C=C\CCCCCCCCNc1ccc(OC)cc1. The van der Waals surface area contributed by atoms with E-state index in [1.165, 1.54) is 95.6 Å². The van der Waals surface area contributed by atoms with Gasteiger partial charge in [-0.3, -0.25) is 0 Å². The number of ether oxygens (including phenoxy) is 1. The molecule has 27 heavy (non-hydrogen) atoms. The molecule has 1 aromatic carbocycles. The van der Waals surface area contributed by atoms with Crippen molar-refractivity contribution >= 4 is 5.69 Å². The molecule has 0 spiro atoms. The highest BCUT2D eigenvalue weighted by Gasteiger charge is 1.95. The summed E-state index contributed by atoms with van der Waals surface area (Å²) in [6, 6.07) is 8.17. The Balaban J connectivity index is 1.80. The molecule has 0 aliphatic heterocycles. The first-order valence-corrected chi connectivity index (χ1v) is 11.4. The van der Waals surface area contributed by atoms with Gasteiger partial charge in [-0.2, -0.15) is 0 Å². The maximum Gasteiger partial charge on any atom is 0.119 e. The van der Waals surface area contributed by atoms with Gasteiger partial charge in [0.15, 0.2) is 0 Å². The van der Waals surface area contributed by atoms with Gasteiger partial charge in [0, 0.05) is 12.2 Å². The molecule has 1 N–H and O–H groups in total. The molecule has 0 aliphatic rings. The lowest BCUT2D eigenvalue weighted by atomic mass is 10.1. The van der Waals surface area contributed by atoms with Crippen LogP contribution in [-0.4, -0.2) is 13.7 Å². The Hall–Kier alpha value is -1.44. The van der Waals surface area contributed by atoms with E-state index in [1.807, 2.05) is 12.1 Å². The predicted molar refractivity (Wildman–Crippen MR) is 121 cm³/mol. The average Bonchev–Trinajstić information content (AvgIpc) is 2.70. The summed E-state index contributed by atoms with van der Waals surface area (Å²) in [5.74, 6) is 0.915. The highest BCUT2D eigenvalue weighted by atomic mass is 16.5. The number of unbranched alkanes of at least 4 members (excludes halogenated alkanes) is 12. The van der Waals surface area contributed by atoms with Gasteiger partial charge in [0.25, 0.3) is 0 Å². The van der Waals surface area contributed by atoms with Gasteiger partial charge in [-0.1, -0.05) is 76.9 Å². The summed E-state index contributed by atoms with van der Waals surface area (Å²) in [7, 11) is 1.70. The van der Waals surface area contributed by atoms with E-state index in [-0.39, 0.29) is 0 Å². The average molecular weight is 374 g/mol. The lowest BCUT2D eigenvalue weighted by Crippen LogP contribution is -2.01. The number of benzene rings is 1. The fraction of sp³-hybridized carbons (Fsp3) is 0.680. The summed E-state index contributed by atoms with van der Waals surface area (Å²) < 4.78 is 5.18. The van der Waals surface area contributed by atoms with Crippen LogP contribution in [0, 0.1) is 0 Å². The zero-order chi connectivity index (χ0) is 19.4. The highest BCUT2D eigenvalue weighted by molar-refractivity contribution is 5.46. The number of methoxy groups -OCH3 is 1. The number of allylic oxidation sites excluding steroid dienone is 2. The van der Waals surface area contributed by atoms with Gasteiger partial charge >= 0.3 is 0 Å². The number of rotatable bonds is 18. The second-order valence-electron chi connectivity index (χ2n) is 7.59. The van der Waals surface area contributed by atoms with E-state index in [2.05, 4.69) is 36.5 Å². The summed E-state index contributed by atoms with van der Waals surface area (Å²) in [6.45, 7) is 3.34. The van der Waals surface area contributed by atoms with Crippen LogP contribution in [0.15, 0.2) is 36.4 Å². The fourth-order valence-electron chi connectivity index (χ4n) is 3.31. The minimum absolute atomic E-state index is 0.915. The molecule has 0 saturated heterocycles. The van der Waals surface area contributed by atoms with Crippen molar-refractivity contribution in [1.29, 1.82) is 0 Å². The highest BCUT2D eigenvalue weighted by Crippen LogP contribution is 2.15. The molecule has 0 unspecified atom stereocenters. The van der Waals surface area contributed by atoms with Crippen molar-refractivity contribution in [2.24, 2.45) is 0 Å². The summed E-state index contributed by atoms with van der Waals surface area (Å²) >= 11 is 0. The molecule has 1 rings (SSSR count). The lowest BCUT2D eigenvalue weighted by Gasteiger charge is -2.07. The van der Waals surface area contributed by atoms with E-state index >= 15 is 0 Å². The van der Waals surface area contributed by atoms with E-state index < -0.39 is 0 Å². The zero-order valence-corrected chi connectivity index (χ0v) is 18.0. The van der Waals surface area contributed by atoms with E-state index in [0.29, 0.717) is 0 Å². The summed E-state index contributed by atoms with van der Waals surface area (Å²) in [6.07, 6.45) is 23.9. The van der Waals surface area contributed by atoms with Crippen LogP contribution in [-0.2, 0) is 0 Å². The molecule has 2 heteroatoms. The smallest absolute Gasteiger partial charge is 0.119 e. The monoisotopic (exact) mass is 373 g/mol. The van der Waals surface area contributed by atoms with Crippen molar-refractivity contribution in [2.75, 3.05) is 19.0 Å². The molecule has 0 radical (unpaired) electrons. The largest absolute Gasteiger partial charge is 0.497 e. The topological polar surface area (TPSA) is 21.3 Å². The number of hydrogen-bond donors (Lipinski definition) is 1. The molecule has 0 fully saturated rings. The Morgan fingerprint density at radius 1 is 0.704 bits per heavy atom. The van der Waals surface area contributed by atoms with Crippen molar-refractivity contribution in [1.82, 2.24) is 0 Å². The first-order chi connectivity index (χ1) is 13.4. The van der Waals surface area contributed by atoms with Crippen molar-refractivity contribution in [2.45, 2.75) is 96.8 Å². The molecule has 0 heterocycles. The van der Waals surface area contributed by atoms with Crippen LogP contribution >= 0.6 is 0 Å². The molecule has 0 atom stereocenters. The maximum atomic E-state index is 5.18. The second-order valence-corrected chi connectivity index (χ2v) is 7.59. The quantitative estimate of drug-likeness (QED) is 0.207. The molecule has 0 aromatic heterocycles. The van der Waals surface area contributed by atoms with E-state index in [1.54, 1.807) is 7.11 Å². The first kappa shape index (κ1) is 23.6. The van der Waals surface area contributed by atoms with Gasteiger partial charge in [0.2, 0.25) is 0 Å². The van der Waals surface area contributed by atoms with Crippen molar-refractivity contribution in [3.8, 4) is 5.75 Å². The normalized spacial score (nSPS) is 11.2. The Morgan fingerprint density at radius 3 is 1.78 bits per heavy atom. The van der Waals surface area contributed by atoms with Crippen LogP contribution in [0.4, 0.5) is 5.69 Å². The molecular weight excluding hydrogens is 330 g/mol. The zero-order valence-electron chi connectivity index (χ0n) is 18.0. The third-order valence-corrected chi connectivity index (χ3v) is 5.11. The van der Waals surface area contributed by atoms with Gasteiger partial charge in [-0.05, 0) is 56.4 Å². The number of anilines is 1. The third-order valence-electron chi connectivity index (χ3n) is 5.11. The Labute approximate surface area is 168 Å². The van der Waals surface area contributed by atoms with E-state index in [4.69, 9.17) is 4.74 Å². The standard InChI is InChI=1S/C25H43NO/c1-3-4-5-6-7-8-9-10-11-12-13-14-15-16-17-18-23-26-24-19-21-25(27-2)22-20-24/h10-11,19-22,26H,3-9,12-18,23H2,1-2H3/b11-10-. The molecule has 2 nitrogen and oxygen atoms in total. The lowest BCUT2D eigenvalue weighted by molar-refractivity contribution is 0.415. The van der Waals surface area contributed by atoms with Crippen LogP contribution in [0.2, 0.25) is 0 Å². The molecule has 0 amide bonds. The summed E-state index contributed by atoms with van der Waals surface area (Å²) in [4.78, 5) is 0. The van der Waals surface area contributed by atoms with E-state index in [9.17, 15) is 0 Å². The van der Waals surface area contributed by atoms with Gasteiger partial charge < -0.3 is 10.1 Å². The van der Waals surface area contributed by atoms with E-state index in [0.717, 1.165) is 12.3 Å². The van der Waals surface area contributed by atoms with Crippen LogP contribution in [0.3, 0.4) is 0 Å². The van der Waals surface area contributed by atoms with Gasteiger partial charge in [-0.25, -0.2) is 0 Å². The fourth-order valence-corrected chi connectivity index (χ4v) is 3.31. The Bertz CT molecular complexity index is 452. The van der Waals surface area contributed by atoms with Crippen LogP contribution in [0.25, 0.3) is 0 Å². The van der Waals surface area contributed by atoms with Crippen LogP contribution in [0.5, 0.6) is 5.75 Å². The van der Waals surface area contributed by atoms with Crippen molar-refractivity contribution < 1.29 is 4.74 Å². The summed E-state index contributed by atoms with van der Waals surface area (Å²) in [5.41, 5.74) is 1.18. The van der Waals surface area contributed by atoms with Gasteiger partial charge in [-0.15, -0.1) is 0 Å². The molecule has 0 aliphatic carbocycles. The van der Waals surface area contributed by atoms with Crippen LogP contribution in [0.1, 0.15) is 96.8 Å². The third kappa shape index (κ3) is 14.3. The van der Waals surface area contributed by atoms with Gasteiger partial charge in [0.05, 0.1) is 7.11 Å². The van der Waals surface area contributed by atoms with Crippen LogP contribution < -0.4 is 10.1 Å². The molecule has 0 bridgehead atoms. The van der Waals surface area contributed by atoms with Crippen molar-refractivity contribution in [3.05, 3.63) is 36.4 Å². The molecule has 0 saturated carbocycles. The second kappa shape index (κ2) is 17.9.